The van der Waals surface area contributed by atoms with Gasteiger partial charge in [-0.25, -0.2) is 0 Å². The van der Waals surface area contributed by atoms with Gasteiger partial charge in [-0.15, -0.1) is 0 Å². The maximum absolute atomic E-state index is 4.23. The van der Waals surface area contributed by atoms with Crippen molar-refractivity contribution >= 4 is 0 Å². The first-order valence-electron chi connectivity index (χ1n) is 4.94. The largest absolute Gasteiger partial charge is 0.317 e. The molecule has 1 unspecified atom stereocenters. The van der Waals surface area contributed by atoms with Crippen molar-refractivity contribution in [3.8, 4) is 0 Å². The molecule has 3 heteroatoms. The highest BCUT2D eigenvalue weighted by Crippen LogP contribution is 2.03. The number of aryl methyl sites for hydroxylation is 2. The zero-order chi connectivity index (χ0) is 9.68. The van der Waals surface area contributed by atoms with E-state index < -0.39 is 0 Å². The van der Waals surface area contributed by atoms with E-state index in [2.05, 4.69) is 30.5 Å². The Morgan fingerprint density at radius 2 is 2.38 bits per heavy atom. The molecule has 1 aromatic heterocycles. The summed E-state index contributed by atoms with van der Waals surface area (Å²) < 4.78 is 1.97. The Morgan fingerprint density at radius 1 is 1.62 bits per heavy atom. The molecule has 1 aromatic rings. The highest BCUT2D eigenvalue weighted by Gasteiger charge is 2.01. The van der Waals surface area contributed by atoms with Gasteiger partial charge in [-0.3, -0.25) is 4.68 Å². The predicted octanol–water partition coefficient (Wildman–Crippen LogP) is 1.44. The van der Waals surface area contributed by atoms with Crippen molar-refractivity contribution in [2.45, 2.75) is 39.3 Å². The lowest BCUT2D eigenvalue weighted by Crippen LogP contribution is -2.21. The molecule has 1 heterocycles. The van der Waals surface area contributed by atoms with Crippen LogP contribution in [0.1, 0.15) is 25.8 Å². The summed E-state index contributed by atoms with van der Waals surface area (Å²) >= 11 is 0. The molecule has 0 radical (unpaired) electrons. The summed E-state index contributed by atoms with van der Waals surface area (Å²) in [4.78, 5) is 0. The van der Waals surface area contributed by atoms with Crippen LogP contribution in [-0.4, -0.2) is 22.9 Å². The average molecular weight is 181 g/mol. The van der Waals surface area contributed by atoms with E-state index in [-0.39, 0.29) is 0 Å². The number of nitrogens with zero attached hydrogens (tertiary/aromatic N) is 2. The van der Waals surface area contributed by atoms with Gasteiger partial charge in [0.05, 0.1) is 6.20 Å². The van der Waals surface area contributed by atoms with Gasteiger partial charge < -0.3 is 5.32 Å². The molecule has 0 saturated carbocycles. The fraction of sp³-hybridized carbons (Fsp3) is 0.700. The molecule has 0 aliphatic carbocycles. The molecule has 3 nitrogen and oxygen atoms in total. The predicted molar refractivity (Wildman–Crippen MR) is 54.7 cm³/mol. The standard InChI is InChI=1S/C10H19N3/c1-4-13-8-10(7-12-13)6-5-9(2)11-3/h7-9,11H,4-6H2,1-3H3. The van der Waals surface area contributed by atoms with Crippen LogP contribution in [0.3, 0.4) is 0 Å². The molecule has 1 atom stereocenters. The average Bonchev–Trinajstić information content (AvgIpc) is 2.61. The van der Waals surface area contributed by atoms with Gasteiger partial charge >= 0.3 is 0 Å². The van der Waals surface area contributed by atoms with Crippen LogP contribution in [0.5, 0.6) is 0 Å². The number of hydrogen-bond acceptors (Lipinski definition) is 2. The van der Waals surface area contributed by atoms with Crippen molar-refractivity contribution in [1.82, 2.24) is 15.1 Å². The summed E-state index contributed by atoms with van der Waals surface area (Å²) in [7, 11) is 2.00. The summed E-state index contributed by atoms with van der Waals surface area (Å²) in [6.45, 7) is 5.26. The van der Waals surface area contributed by atoms with Crippen molar-refractivity contribution < 1.29 is 0 Å². The first-order valence-corrected chi connectivity index (χ1v) is 4.94. The second kappa shape index (κ2) is 5.02. The van der Waals surface area contributed by atoms with Crippen LogP contribution in [0.15, 0.2) is 12.4 Å². The highest BCUT2D eigenvalue weighted by molar-refractivity contribution is 5.04. The fourth-order valence-corrected chi connectivity index (χ4v) is 1.24. The van der Waals surface area contributed by atoms with Gasteiger partial charge in [0, 0.05) is 18.8 Å². The molecule has 0 aromatic carbocycles. The third-order valence-electron chi connectivity index (χ3n) is 2.37. The van der Waals surface area contributed by atoms with Crippen LogP contribution in [-0.2, 0) is 13.0 Å². The summed E-state index contributed by atoms with van der Waals surface area (Å²) in [5.74, 6) is 0. The molecule has 0 fully saturated rings. The highest BCUT2D eigenvalue weighted by atomic mass is 15.3. The maximum Gasteiger partial charge on any atom is 0.0521 e. The lowest BCUT2D eigenvalue weighted by Gasteiger charge is -2.07. The Balaban J connectivity index is 2.36. The molecule has 0 aliphatic heterocycles. The summed E-state index contributed by atoms with van der Waals surface area (Å²) in [6.07, 6.45) is 6.38. The molecule has 1 rings (SSSR count). The minimum atomic E-state index is 0.588. The van der Waals surface area contributed by atoms with E-state index in [0.717, 1.165) is 13.0 Å². The van der Waals surface area contributed by atoms with Gasteiger partial charge in [0.2, 0.25) is 0 Å². The lowest BCUT2D eigenvalue weighted by molar-refractivity contribution is 0.564. The number of rotatable bonds is 5. The van der Waals surface area contributed by atoms with E-state index in [4.69, 9.17) is 0 Å². The van der Waals surface area contributed by atoms with Crippen molar-refractivity contribution in [2.75, 3.05) is 7.05 Å². The van der Waals surface area contributed by atoms with Gasteiger partial charge in [-0.05, 0) is 39.3 Å². The van der Waals surface area contributed by atoms with Crippen LogP contribution in [0.2, 0.25) is 0 Å². The van der Waals surface area contributed by atoms with Crippen LogP contribution in [0, 0.1) is 0 Å². The third-order valence-corrected chi connectivity index (χ3v) is 2.37. The first kappa shape index (κ1) is 10.3. The Bertz CT molecular complexity index is 242. The molecule has 0 bridgehead atoms. The summed E-state index contributed by atoms with van der Waals surface area (Å²) in [5.41, 5.74) is 1.34. The smallest absolute Gasteiger partial charge is 0.0521 e. The van der Waals surface area contributed by atoms with E-state index in [1.54, 1.807) is 0 Å². The van der Waals surface area contributed by atoms with Crippen molar-refractivity contribution in [1.29, 1.82) is 0 Å². The Labute approximate surface area is 80.1 Å². The van der Waals surface area contributed by atoms with E-state index in [1.807, 2.05) is 17.9 Å². The number of hydrogen-bond donors (Lipinski definition) is 1. The Hall–Kier alpha value is -0.830. The summed E-state index contributed by atoms with van der Waals surface area (Å²) in [5, 5.41) is 7.46. The molecular formula is C10H19N3. The minimum Gasteiger partial charge on any atom is -0.317 e. The second-order valence-corrected chi connectivity index (χ2v) is 3.43. The summed E-state index contributed by atoms with van der Waals surface area (Å²) in [6, 6.07) is 0.588. The zero-order valence-corrected chi connectivity index (χ0v) is 8.75. The molecule has 0 amide bonds. The molecule has 13 heavy (non-hydrogen) atoms. The molecule has 0 saturated heterocycles. The second-order valence-electron chi connectivity index (χ2n) is 3.43. The lowest BCUT2D eigenvalue weighted by atomic mass is 10.1. The van der Waals surface area contributed by atoms with Crippen molar-refractivity contribution in [3.05, 3.63) is 18.0 Å². The molecular weight excluding hydrogens is 162 g/mol. The van der Waals surface area contributed by atoms with Crippen LogP contribution in [0.4, 0.5) is 0 Å². The minimum absolute atomic E-state index is 0.588. The van der Waals surface area contributed by atoms with Crippen LogP contribution in [0.25, 0.3) is 0 Å². The van der Waals surface area contributed by atoms with E-state index in [1.165, 1.54) is 12.0 Å². The van der Waals surface area contributed by atoms with E-state index >= 15 is 0 Å². The molecule has 0 spiro atoms. The van der Waals surface area contributed by atoms with E-state index in [0.29, 0.717) is 6.04 Å². The maximum atomic E-state index is 4.23. The normalized spacial score (nSPS) is 13.2. The molecule has 0 aliphatic rings. The monoisotopic (exact) mass is 181 g/mol. The van der Waals surface area contributed by atoms with Gasteiger partial charge in [0.1, 0.15) is 0 Å². The number of nitrogens with one attached hydrogen (secondary N) is 1. The SMILES string of the molecule is CCn1cc(CCC(C)NC)cn1. The quantitative estimate of drug-likeness (QED) is 0.745. The van der Waals surface area contributed by atoms with Crippen LogP contribution >= 0.6 is 0 Å². The van der Waals surface area contributed by atoms with E-state index in [9.17, 15) is 0 Å². The zero-order valence-electron chi connectivity index (χ0n) is 8.75. The third kappa shape index (κ3) is 3.19. The topological polar surface area (TPSA) is 29.9 Å². The molecule has 74 valence electrons. The molecule has 1 N–H and O–H groups in total. The van der Waals surface area contributed by atoms with Crippen molar-refractivity contribution in [3.63, 3.8) is 0 Å². The van der Waals surface area contributed by atoms with Gasteiger partial charge in [0.25, 0.3) is 0 Å². The van der Waals surface area contributed by atoms with Gasteiger partial charge in [-0.1, -0.05) is 0 Å². The Morgan fingerprint density at radius 3 is 2.92 bits per heavy atom. The fourth-order valence-electron chi connectivity index (χ4n) is 1.24. The van der Waals surface area contributed by atoms with Crippen LogP contribution < -0.4 is 5.32 Å². The number of aromatic nitrogens is 2. The Kier molecular flexibility index (Phi) is 3.96. The van der Waals surface area contributed by atoms with Crippen molar-refractivity contribution in [2.24, 2.45) is 0 Å². The van der Waals surface area contributed by atoms with Gasteiger partial charge in [0.15, 0.2) is 0 Å². The first-order chi connectivity index (χ1) is 6.26. The van der Waals surface area contributed by atoms with Gasteiger partial charge in [-0.2, -0.15) is 5.10 Å².